The summed E-state index contributed by atoms with van der Waals surface area (Å²) >= 11 is 0. The van der Waals surface area contributed by atoms with Crippen molar-refractivity contribution in [3.8, 4) is 22.9 Å². The van der Waals surface area contributed by atoms with E-state index < -0.39 is 5.91 Å². The topological polar surface area (TPSA) is 136 Å². The minimum atomic E-state index is -0.430. The van der Waals surface area contributed by atoms with Crippen LogP contribution in [0, 0.1) is 0 Å². The van der Waals surface area contributed by atoms with Crippen molar-refractivity contribution in [3.05, 3.63) is 53.9 Å². The summed E-state index contributed by atoms with van der Waals surface area (Å²) in [7, 11) is 0. The molecule has 3 heterocycles. The van der Waals surface area contributed by atoms with Gasteiger partial charge in [-0.1, -0.05) is 5.16 Å². The molecule has 2 aliphatic rings. The third kappa shape index (κ3) is 4.35. The second kappa shape index (κ2) is 8.77. The highest BCUT2D eigenvalue weighted by atomic mass is 16.7. The molecule has 172 valence electrons. The average Bonchev–Trinajstić information content (AvgIpc) is 3.50. The number of fused-ring (bicyclic) bond motifs is 1. The number of carbonyl (C=O) groups is 3. The number of aromatic nitrogens is 2. The van der Waals surface area contributed by atoms with Crippen LogP contribution in [0.2, 0.25) is 0 Å². The van der Waals surface area contributed by atoms with Gasteiger partial charge in [-0.2, -0.15) is 10.1 Å². The van der Waals surface area contributed by atoms with Gasteiger partial charge in [0.05, 0.1) is 0 Å². The fourth-order valence-electron chi connectivity index (χ4n) is 3.50. The molecule has 2 aliphatic heterocycles. The molecule has 1 N–H and O–H groups in total. The zero-order chi connectivity index (χ0) is 23.7. The lowest BCUT2D eigenvalue weighted by Gasteiger charge is -2.21. The number of anilines is 1. The molecule has 5 rings (SSSR count). The lowest BCUT2D eigenvalue weighted by molar-refractivity contribution is -0.135. The van der Waals surface area contributed by atoms with E-state index in [4.69, 9.17) is 14.0 Å². The molecule has 0 saturated heterocycles. The van der Waals surface area contributed by atoms with Crippen LogP contribution in [0.25, 0.3) is 11.4 Å². The lowest BCUT2D eigenvalue weighted by Crippen LogP contribution is -2.38. The van der Waals surface area contributed by atoms with Gasteiger partial charge in [0.1, 0.15) is 12.3 Å². The van der Waals surface area contributed by atoms with Gasteiger partial charge in [0, 0.05) is 29.7 Å². The number of hydrogen-bond acceptors (Lipinski definition) is 9. The number of benzene rings is 2. The molecule has 2 amide bonds. The number of amides is 2. The van der Waals surface area contributed by atoms with E-state index in [0.717, 1.165) is 5.01 Å². The quantitative estimate of drug-likeness (QED) is 0.553. The SMILES string of the molecule is CC(=O)c1ccc(NC(=O)CN2N=C(c3nc(-c4ccc5c(c4)OCO5)no3)CCC2=O)cc1. The Labute approximate surface area is 193 Å². The van der Waals surface area contributed by atoms with Gasteiger partial charge in [-0.05, 0) is 49.4 Å². The highest BCUT2D eigenvalue weighted by Crippen LogP contribution is 2.35. The summed E-state index contributed by atoms with van der Waals surface area (Å²) in [4.78, 5) is 40.5. The van der Waals surface area contributed by atoms with Crippen molar-refractivity contribution in [3.63, 3.8) is 0 Å². The van der Waals surface area contributed by atoms with Crippen LogP contribution in [0.1, 0.15) is 36.0 Å². The van der Waals surface area contributed by atoms with Crippen molar-refractivity contribution in [2.75, 3.05) is 18.7 Å². The second-order valence-corrected chi connectivity index (χ2v) is 7.67. The van der Waals surface area contributed by atoms with E-state index in [1.807, 2.05) is 0 Å². The Morgan fingerprint density at radius 2 is 1.85 bits per heavy atom. The fourth-order valence-corrected chi connectivity index (χ4v) is 3.50. The Morgan fingerprint density at radius 1 is 1.06 bits per heavy atom. The number of ketones is 1. The van der Waals surface area contributed by atoms with Crippen LogP contribution in [0.15, 0.2) is 52.1 Å². The molecule has 0 aliphatic carbocycles. The minimum Gasteiger partial charge on any atom is -0.454 e. The van der Waals surface area contributed by atoms with Gasteiger partial charge in [-0.25, -0.2) is 5.01 Å². The van der Waals surface area contributed by atoms with E-state index in [0.29, 0.717) is 46.3 Å². The average molecular weight is 461 g/mol. The van der Waals surface area contributed by atoms with Gasteiger partial charge in [0.25, 0.3) is 5.89 Å². The number of nitrogens with one attached hydrogen (secondary N) is 1. The van der Waals surface area contributed by atoms with Gasteiger partial charge < -0.3 is 19.3 Å². The molecular formula is C23H19N5O6. The maximum absolute atomic E-state index is 12.5. The highest BCUT2D eigenvalue weighted by Gasteiger charge is 2.27. The maximum atomic E-state index is 12.5. The number of nitrogens with zero attached hydrogens (tertiary/aromatic N) is 4. The molecule has 1 aromatic heterocycles. The summed E-state index contributed by atoms with van der Waals surface area (Å²) in [6.07, 6.45) is 0.466. The first-order valence-electron chi connectivity index (χ1n) is 10.5. The van der Waals surface area contributed by atoms with Crippen LogP contribution < -0.4 is 14.8 Å². The molecule has 11 nitrogen and oxygen atoms in total. The van der Waals surface area contributed by atoms with Crippen molar-refractivity contribution in [2.24, 2.45) is 5.10 Å². The fraction of sp³-hybridized carbons (Fsp3) is 0.217. The molecule has 0 spiro atoms. The van der Waals surface area contributed by atoms with Gasteiger partial charge in [0.2, 0.25) is 24.4 Å². The molecule has 0 fully saturated rings. The molecule has 0 saturated carbocycles. The summed E-state index contributed by atoms with van der Waals surface area (Å²) in [5, 5.41) is 12.0. The molecule has 0 bridgehead atoms. The molecule has 3 aromatic rings. The van der Waals surface area contributed by atoms with Crippen LogP contribution in [0.5, 0.6) is 11.5 Å². The zero-order valence-electron chi connectivity index (χ0n) is 18.1. The van der Waals surface area contributed by atoms with Gasteiger partial charge in [-0.15, -0.1) is 0 Å². The van der Waals surface area contributed by atoms with E-state index >= 15 is 0 Å². The monoisotopic (exact) mass is 461 g/mol. The summed E-state index contributed by atoms with van der Waals surface area (Å²) in [5.41, 5.74) is 2.14. The van der Waals surface area contributed by atoms with E-state index in [-0.39, 0.29) is 37.3 Å². The Bertz CT molecular complexity index is 1310. The Kier molecular flexibility index (Phi) is 5.50. The van der Waals surface area contributed by atoms with Crippen LogP contribution in [0.3, 0.4) is 0 Å². The van der Waals surface area contributed by atoms with Crippen LogP contribution in [-0.4, -0.2) is 51.8 Å². The third-order valence-corrected chi connectivity index (χ3v) is 5.28. The van der Waals surface area contributed by atoms with Crippen LogP contribution in [-0.2, 0) is 9.59 Å². The minimum absolute atomic E-state index is 0.0682. The first-order chi connectivity index (χ1) is 16.5. The van der Waals surface area contributed by atoms with E-state index in [1.165, 1.54) is 6.92 Å². The van der Waals surface area contributed by atoms with Crippen molar-refractivity contribution < 1.29 is 28.4 Å². The lowest BCUT2D eigenvalue weighted by atomic mass is 10.1. The first kappa shape index (κ1) is 21.3. The van der Waals surface area contributed by atoms with E-state index in [2.05, 4.69) is 20.6 Å². The number of hydrazone groups is 1. The molecule has 0 atom stereocenters. The highest BCUT2D eigenvalue weighted by molar-refractivity contribution is 6.02. The van der Waals surface area contributed by atoms with Gasteiger partial charge in [0.15, 0.2) is 17.3 Å². The van der Waals surface area contributed by atoms with Crippen LogP contribution >= 0.6 is 0 Å². The van der Waals surface area contributed by atoms with E-state index in [1.54, 1.807) is 42.5 Å². The predicted octanol–water partition coefficient (Wildman–Crippen LogP) is 2.63. The summed E-state index contributed by atoms with van der Waals surface area (Å²) in [5.74, 6) is 0.962. The standard InChI is InChI=1S/C23H19N5O6/c1-13(29)14-2-5-16(6-3-14)24-20(30)11-28-21(31)9-7-17(26-28)23-25-22(27-34-23)15-4-8-18-19(10-15)33-12-32-18/h2-6,8,10H,7,9,11-12H2,1H3,(H,24,30). The molecule has 2 aromatic carbocycles. The number of Topliss-reactive ketones (excluding diaryl/α,β-unsaturated/α-hetero) is 1. The van der Waals surface area contributed by atoms with Gasteiger partial charge in [-0.3, -0.25) is 14.4 Å². The normalized spacial score (nSPS) is 14.7. The number of ether oxygens (including phenoxy) is 2. The van der Waals surface area contributed by atoms with Crippen molar-refractivity contribution >= 4 is 29.0 Å². The van der Waals surface area contributed by atoms with Crippen molar-refractivity contribution in [1.29, 1.82) is 0 Å². The molecule has 11 heteroatoms. The Hall–Kier alpha value is -4.54. The molecular weight excluding hydrogens is 442 g/mol. The van der Waals surface area contributed by atoms with E-state index in [9.17, 15) is 14.4 Å². The number of hydrogen-bond donors (Lipinski definition) is 1. The Morgan fingerprint density at radius 3 is 2.65 bits per heavy atom. The smallest absolute Gasteiger partial charge is 0.274 e. The zero-order valence-corrected chi connectivity index (χ0v) is 18.1. The largest absolute Gasteiger partial charge is 0.454 e. The van der Waals surface area contributed by atoms with Crippen molar-refractivity contribution in [1.82, 2.24) is 15.1 Å². The number of carbonyl (C=O) groups excluding carboxylic acids is 3. The predicted molar refractivity (Wildman–Crippen MR) is 118 cm³/mol. The molecule has 0 unspecified atom stereocenters. The second-order valence-electron chi connectivity index (χ2n) is 7.67. The first-order valence-corrected chi connectivity index (χ1v) is 10.5. The maximum Gasteiger partial charge on any atom is 0.274 e. The molecule has 0 radical (unpaired) electrons. The van der Waals surface area contributed by atoms with Gasteiger partial charge >= 0.3 is 0 Å². The molecule has 34 heavy (non-hydrogen) atoms. The Balaban J connectivity index is 1.28. The summed E-state index contributed by atoms with van der Waals surface area (Å²) in [6, 6.07) is 11.8. The summed E-state index contributed by atoms with van der Waals surface area (Å²) in [6.45, 7) is 1.35. The number of rotatable bonds is 6. The summed E-state index contributed by atoms with van der Waals surface area (Å²) < 4.78 is 16.0. The van der Waals surface area contributed by atoms with Crippen LogP contribution in [0.4, 0.5) is 5.69 Å². The third-order valence-electron chi connectivity index (χ3n) is 5.28. The van der Waals surface area contributed by atoms with Crippen molar-refractivity contribution in [2.45, 2.75) is 19.8 Å².